The highest BCUT2D eigenvalue weighted by molar-refractivity contribution is 5.92. The predicted octanol–water partition coefficient (Wildman–Crippen LogP) is 1.46. The lowest BCUT2D eigenvalue weighted by molar-refractivity contribution is 0.0840. The molecule has 0 unspecified atom stereocenters. The van der Waals surface area contributed by atoms with E-state index in [4.69, 9.17) is 4.74 Å². The van der Waals surface area contributed by atoms with Crippen LogP contribution in [0.1, 0.15) is 34.9 Å². The predicted molar refractivity (Wildman–Crippen MR) is 80.8 cm³/mol. The van der Waals surface area contributed by atoms with Crippen LogP contribution in [0.5, 0.6) is 5.75 Å². The Labute approximate surface area is 128 Å². The molecule has 1 amide bonds. The van der Waals surface area contributed by atoms with Crippen LogP contribution in [-0.4, -0.2) is 40.5 Å². The number of aliphatic hydroxyl groups is 1. The maximum atomic E-state index is 11.9. The highest BCUT2D eigenvalue weighted by Gasteiger charge is 2.26. The van der Waals surface area contributed by atoms with E-state index in [2.05, 4.69) is 15.5 Å². The van der Waals surface area contributed by atoms with Gasteiger partial charge in [-0.2, -0.15) is 5.10 Å². The zero-order valence-electron chi connectivity index (χ0n) is 12.2. The van der Waals surface area contributed by atoms with E-state index >= 15 is 0 Å². The fraction of sp³-hybridized carbons (Fsp3) is 0.375. The number of amides is 1. The average Bonchev–Trinajstić information content (AvgIpc) is 3.28. The SMILES string of the molecule is O=C(NC[C@H](O)COc1ccccc1)c1cc(C2CC2)[nH]n1. The Balaban J connectivity index is 1.41. The molecular weight excluding hydrogens is 282 g/mol. The molecule has 1 aromatic carbocycles. The van der Waals surface area contributed by atoms with Crippen molar-refractivity contribution in [1.29, 1.82) is 0 Å². The van der Waals surface area contributed by atoms with Crippen molar-refractivity contribution in [2.45, 2.75) is 24.9 Å². The van der Waals surface area contributed by atoms with Crippen LogP contribution in [0.15, 0.2) is 36.4 Å². The van der Waals surface area contributed by atoms with E-state index < -0.39 is 6.10 Å². The van der Waals surface area contributed by atoms with E-state index in [1.807, 2.05) is 30.3 Å². The molecule has 1 fully saturated rings. The number of hydrogen-bond donors (Lipinski definition) is 3. The normalized spacial score (nSPS) is 15.3. The lowest BCUT2D eigenvalue weighted by Crippen LogP contribution is -2.35. The van der Waals surface area contributed by atoms with E-state index in [0.29, 0.717) is 17.4 Å². The van der Waals surface area contributed by atoms with Gasteiger partial charge in [-0.3, -0.25) is 9.89 Å². The fourth-order valence-electron chi connectivity index (χ4n) is 2.13. The zero-order valence-corrected chi connectivity index (χ0v) is 12.2. The van der Waals surface area contributed by atoms with Gasteiger partial charge in [0.25, 0.3) is 5.91 Å². The summed E-state index contributed by atoms with van der Waals surface area (Å²) in [6.07, 6.45) is 1.53. The quantitative estimate of drug-likeness (QED) is 0.722. The minimum Gasteiger partial charge on any atom is -0.491 e. The number of carbonyl (C=O) groups is 1. The molecule has 1 aliphatic rings. The van der Waals surface area contributed by atoms with Gasteiger partial charge in [0, 0.05) is 18.2 Å². The second kappa shape index (κ2) is 6.62. The summed E-state index contributed by atoms with van der Waals surface area (Å²) in [6.45, 7) is 0.246. The van der Waals surface area contributed by atoms with Gasteiger partial charge in [0.05, 0.1) is 0 Å². The molecule has 1 saturated carbocycles. The van der Waals surface area contributed by atoms with Gasteiger partial charge in [0.15, 0.2) is 0 Å². The number of rotatable bonds is 7. The largest absolute Gasteiger partial charge is 0.491 e. The highest BCUT2D eigenvalue weighted by Crippen LogP contribution is 2.38. The number of ether oxygens (including phenoxy) is 1. The maximum absolute atomic E-state index is 11.9. The number of aromatic amines is 1. The van der Waals surface area contributed by atoms with Crippen molar-refractivity contribution >= 4 is 5.91 Å². The molecule has 6 heteroatoms. The van der Waals surface area contributed by atoms with Crippen LogP contribution < -0.4 is 10.1 Å². The van der Waals surface area contributed by atoms with Gasteiger partial charge in [0.2, 0.25) is 0 Å². The minimum absolute atomic E-state index is 0.122. The van der Waals surface area contributed by atoms with Crippen molar-refractivity contribution in [3.63, 3.8) is 0 Å². The van der Waals surface area contributed by atoms with E-state index in [1.165, 1.54) is 0 Å². The van der Waals surface area contributed by atoms with Crippen molar-refractivity contribution < 1.29 is 14.6 Å². The lowest BCUT2D eigenvalue weighted by atomic mass is 10.2. The van der Waals surface area contributed by atoms with Crippen LogP contribution in [0.4, 0.5) is 0 Å². The molecule has 1 aromatic heterocycles. The van der Waals surface area contributed by atoms with Crippen LogP contribution in [0.2, 0.25) is 0 Å². The summed E-state index contributed by atoms with van der Waals surface area (Å²) in [5, 5.41) is 19.4. The molecule has 6 nitrogen and oxygen atoms in total. The zero-order chi connectivity index (χ0) is 15.4. The summed E-state index contributed by atoms with van der Waals surface area (Å²) in [4.78, 5) is 11.9. The third-order valence-electron chi connectivity index (χ3n) is 3.53. The van der Waals surface area contributed by atoms with Crippen LogP contribution in [0, 0.1) is 0 Å². The Hall–Kier alpha value is -2.34. The molecule has 3 rings (SSSR count). The number of aliphatic hydroxyl groups excluding tert-OH is 1. The third-order valence-corrected chi connectivity index (χ3v) is 3.53. The van der Waals surface area contributed by atoms with Gasteiger partial charge < -0.3 is 15.2 Å². The summed E-state index contributed by atoms with van der Waals surface area (Å²) in [5.74, 6) is 0.926. The van der Waals surface area contributed by atoms with E-state index in [-0.39, 0.29) is 19.1 Å². The number of hydrogen-bond acceptors (Lipinski definition) is 4. The van der Waals surface area contributed by atoms with Crippen molar-refractivity contribution in [3.05, 3.63) is 47.8 Å². The second-order valence-corrected chi connectivity index (χ2v) is 5.47. The molecule has 0 radical (unpaired) electrons. The summed E-state index contributed by atoms with van der Waals surface area (Å²) >= 11 is 0. The molecule has 0 aliphatic heterocycles. The maximum Gasteiger partial charge on any atom is 0.271 e. The third kappa shape index (κ3) is 3.85. The molecule has 22 heavy (non-hydrogen) atoms. The molecule has 1 heterocycles. The first-order chi connectivity index (χ1) is 10.7. The fourth-order valence-corrected chi connectivity index (χ4v) is 2.13. The molecule has 116 valence electrons. The Morgan fingerprint density at radius 1 is 1.41 bits per heavy atom. The van der Waals surface area contributed by atoms with Gasteiger partial charge in [-0.1, -0.05) is 18.2 Å². The Bertz CT molecular complexity index is 623. The molecule has 0 saturated heterocycles. The molecule has 0 bridgehead atoms. The average molecular weight is 301 g/mol. The van der Waals surface area contributed by atoms with Crippen molar-refractivity contribution in [2.24, 2.45) is 0 Å². The van der Waals surface area contributed by atoms with Crippen LogP contribution in [0.25, 0.3) is 0 Å². The smallest absolute Gasteiger partial charge is 0.271 e. The van der Waals surface area contributed by atoms with Crippen molar-refractivity contribution in [3.8, 4) is 5.75 Å². The van der Waals surface area contributed by atoms with Gasteiger partial charge in [-0.05, 0) is 31.0 Å². The van der Waals surface area contributed by atoms with Gasteiger partial charge >= 0.3 is 0 Å². The number of carbonyl (C=O) groups excluding carboxylic acids is 1. The first-order valence-electron chi connectivity index (χ1n) is 7.42. The van der Waals surface area contributed by atoms with Crippen molar-refractivity contribution in [2.75, 3.05) is 13.2 Å². The van der Waals surface area contributed by atoms with Crippen LogP contribution >= 0.6 is 0 Å². The lowest BCUT2D eigenvalue weighted by Gasteiger charge is -2.12. The van der Waals surface area contributed by atoms with Gasteiger partial charge in [-0.25, -0.2) is 0 Å². The van der Waals surface area contributed by atoms with E-state index in [0.717, 1.165) is 18.5 Å². The number of nitrogens with zero attached hydrogens (tertiary/aromatic N) is 1. The summed E-state index contributed by atoms with van der Waals surface area (Å²) in [5.41, 5.74) is 1.37. The van der Waals surface area contributed by atoms with Gasteiger partial charge in [-0.15, -0.1) is 0 Å². The molecule has 1 aliphatic carbocycles. The number of nitrogens with one attached hydrogen (secondary N) is 2. The summed E-state index contributed by atoms with van der Waals surface area (Å²) in [7, 11) is 0. The number of benzene rings is 1. The number of para-hydroxylation sites is 1. The van der Waals surface area contributed by atoms with Crippen LogP contribution in [-0.2, 0) is 0 Å². The first-order valence-corrected chi connectivity index (χ1v) is 7.42. The molecule has 0 spiro atoms. The molecular formula is C16H19N3O3. The Kier molecular flexibility index (Phi) is 4.39. The summed E-state index contributed by atoms with van der Waals surface area (Å²) in [6, 6.07) is 11.0. The molecule has 1 atom stereocenters. The van der Waals surface area contributed by atoms with Gasteiger partial charge in [0.1, 0.15) is 24.2 Å². The van der Waals surface area contributed by atoms with E-state index in [1.54, 1.807) is 6.07 Å². The number of H-pyrrole nitrogens is 1. The molecule has 3 N–H and O–H groups in total. The monoisotopic (exact) mass is 301 g/mol. The van der Waals surface area contributed by atoms with E-state index in [9.17, 15) is 9.90 Å². The van der Waals surface area contributed by atoms with Crippen LogP contribution in [0.3, 0.4) is 0 Å². The first kappa shape index (κ1) is 14.6. The standard InChI is InChI=1S/C16H19N3O3/c20-12(10-22-13-4-2-1-3-5-13)9-17-16(21)15-8-14(18-19-15)11-6-7-11/h1-5,8,11-12,20H,6-7,9-10H2,(H,17,21)(H,18,19)/t12-/m0/s1. The second-order valence-electron chi connectivity index (χ2n) is 5.47. The number of aromatic nitrogens is 2. The van der Waals surface area contributed by atoms with Crippen molar-refractivity contribution in [1.82, 2.24) is 15.5 Å². The minimum atomic E-state index is -0.772. The highest BCUT2D eigenvalue weighted by atomic mass is 16.5. The topological polar surface area (TPSA) is 87.2 Å². The Morgan fingerprint density at radius 2 is 2.18 bits per heavy atom. The Morgan fingerprint density at radius 3 is 2.91 bits per heavy atom. The molecule has 2 aromatic rings. The summed E-state index contributed by atoms with van der Waals surface area (Å²) < 4.78 is 5.43.